The lowest BCUT2D eigenvalue weighted by atomic mass is 9.98. The van der Waals surface area contributed by atoms with E-state index < -0.39 is 0 Å². The Bertz CT molecular complexity index is 366. The van der Waals surface area contributed by atoms with E-state index in [1.54, 1.807) is 11.3 Å². The van der Waals surface area contributed by atoms with Gasteiger partial charge in [0.05, 0.1) is 12.1 Å². The Morgan fingerprint density at radius 2 is 2.18 bits per heavy atom. The molecule has 0 bridgehead atoms. The molecule has 0 aromatic carbocycles. The number of anilines is 1. The van der Waals surface area contributed by atoms with Crippen LogP contribution in [0, 0.1) is 0 Å². The molecule has 0 amide bonds. The molecule has 2 heterocycles. The van der Waals surface area contributed by atoms with Crippen molar-refractivity contribution in [2.75, 3.05) is 11.9 Å². The summed E-state index contributed by atoms with van der Waals surface area (Å²) in [6.45, 7) is 9.50. The molecule has 0 radical (unpaired) electrons. The number of ether oxygens (including phenoxy) is 1. The molecule has 1 aliphatic heterocycles. The molecule has 1 N–H and O–H groups in total. The first kappa shape index (κ1) is 12.8. The van der Waals surface area contributed by atoms with Crippen molar-refractivity contribution < 1.29 is 4.74 Å². The number of rotatable bonds is 3. The highest BCUT2D eigenvalue weighted by atomic mass is 32.1. The van der Waals surface area contributed by atoms with Crippen molar-refractivity contribution in [3.63, 3.8) is 0 Å². The maximum Gasteiger partial charge on any atom is 0.205 e. The van der Waals surface area contributed by atoms with E-state index in [0.717, 1.165) is 23.2 Å². The van der Waals surface area contributed by atoms with E-state index in [1.807, 2.05) is 0 Å². The molecule has 17 heavy (non-hydrogen) atoms. The molecule has 0 spiro atoms. The number of aromatic nitrogens is 2. The van der Waals surface area contributed by atoms with Crippen LogP contribution in [0.15, 0.2) is 0 Å². The first-order chi connectivity index (χ1) is 7.97. The summed E-state index contributed by atoms with van der Waals surface area (Å²) in [5, 5.41) is 13.8. The lowest BCUT2D eigenvalue weighted by Gasteiger charge is -2.19. The lowest BCUT2D eigenvalue weighted by Crippen LogP contribution is -2.29. The molecule has 1 aromatic heterocycles. The fourth-order valence-electron chi connectivity index (χ4n) is 1.87. The van der Waals surface area contributed by atoms with Crippen LogP contribution in [0.2, 0.25) is 0 Å². The Hall–Kier alpha value is -0.680. The predicted molar refractivity (Wildman–Crippen MR) is 70.7 cm³/mol. The zero-order chi connectivity index (χ0) is 12.5. The zero-order valence-electron chi connectivity index (χ0n) is 11.0. The van der Waals surface area contributed by atoms with Gasteiger partial charge in [-0.1, -0.05) is 32.1 Å². The van der Waals surface area contributed by atoms with Gasteiger partial charge in [0.15, 0.2) is 0 Å². The van der Waals surface area contributed by atoms with E-state index in [0.29, 0.717) is 12.1 Å². The van der Waals surface area contributed by atoms with Crippen LogP contribution in [0.1, 0.15) is 45.5 Å². The fraction of sp³-hybridized carbons (Fsp3) is 0.833. The number of hydrogen-bond acceptors (Lipinski definition) is 5. The predicted octanol–water partition coefficient (Wildman–Crippen LogP) is 2.82. The molecule has 0 saturated carbocycles. The molecule has 1 saturated heterocycles. The number of nitrogens with zero attached hydrogens (tertiary/aromatic N) is 2. The van der Waals surface area contributed by atoms with Gasteiger partial charge < -0.3 is 10.1 Å². The largest absolute Gasteiger partial charge is 0.376 e. The molecule has 0 aliphatic carbocycles. The summed E-state index contributed by atoms with van der Waals surface area (Å²) in [7, 11) is 0. The van der Waals surface area contributed by atoms with Crippen LogP contribution in [-0.2, 0) is 10.2 Å². The van der Waals surface area contributed by atoms with Gasteiger partial charge in [-0.15, -0.1) is 10.2 Å². The van der Waals surface area contributed by atoms with Gasteiger partial charge in [0.2, 0.25) is 5.13 Å². The molecule has 2 rings (SSSR count). The molecule has 2 atom stereocenters. The second kappa shape index (κ2) is 4.90. The van der Waals surface area contributed by atoms with Gasteiger partial charge >= 0.3 is 0 Å². The smallest absolute Gasteiger partial charge is 0.205 e. The first-order valence-electron chi connectivity index (χ1n) is 6.19. The second-order valence-electron chi connectivity index (χ2n) is 5.65. The van der Waals surface area contributed by atoms with Crippen LogP contribution >= 0.6 is 11.3 Å². The minimum atomic E-state index is 0.0741. The Balaban J connectivity index is 1.96. The van der Waals surface area contributed by atoms with Crippen molar-refractivity contribution in [2.45, 2.75) is 58.1 Å². The van der Waals surface area contributed by atoms with Gasteiger partial charge in [0.1, 0.15) is 5.01 Å². The maximum absolute atomic E-state index is 5.65. The molecule has 0 unspecified atom stereocenters. The van der Waals surface area contributed by atoms with Crippen molar-refractivity contribution in [3.05, 3.63) is 5.01 Å². The maximum atomic E-state index is 5.65. The lowest BCUT2D eigenvalue weighted by molar-refractivity contribution is 0.0996. The first-order valence-corrected chi connectivity index (χ1v) is 7.00. The minimum absolute atomic E-state index is 0.0741. The quantitative estimate of drug-likeness (QED) is 0.902. The summed E-state index contributed by atoms with van der Waals surface area (Å²) in [6, 6.07) is 0.304. The molecule has 1 fully saturated rings. The van der Waals surface area contributed by atoms with E-state index in [9.17, 15) is 0 Å². The molecular formula is C12H21N3OS. The summed E-state index contributed by atoms with van der Waals surface area (Å²) in [5.41, 5.74) is 0.0741. The van der Waals surface area contributed by atoms with Crippen LogP contribution in [-0.4, -0.2) is 29.0 Å². The molecular weight excluding hydrogens is 234 g/mol. The monoisotopic (exact) mass is 255 g/mol. The van der Waals surface area contributed by atoms with Crippen molar-refractivity contribution in [3.8, 4) is 0 Å². The van der Waals surface area contributed by atoms with Gasteiger partial charge in [-0.3, -0.25) is 0 Å². The third-order valence-corrected chi connectivity index (χ3v) is 4.22. The van der Waals surface area contributed by atoms with Crippen LogP contribution in [0.3, 0.4) is 0 Å². The summed E-state index contributed by atoms with van der Waals surface area (Å²) in [4.78, 5) is 0. The minimum Gasteiger partial charge on any atom is -0.376 e. The third-order valence-electron chi connectivity index (χ3n) is 2.94. The highest BCUT2D eigenvalue weighted by Crippen LogP contribution is 2.28. The van der Waals surface area contributed by atoms with Gasteiger partial charge in [-0.05, 0) is 19.8 Å². The standard InChI is InChI=1S/C12H21N3OS/c1-8(9-6-5-7-16-9)13-11-15-14-10(17-11)12(2,3)4/h8-9H,5-7H2,1-4H3,(H,13,15)/t8-,9-/m1/s1. The SMILES string of the molecule is C[C@@H](Nc1nnc(C(C)(C)C)s1)[C@H]1CCCO1. The fourth-order valence-corrected chi connectivity index (χ4v) is 2.77. The Morgan fingerprint density at radius 1 is 1.41 bits per heavy atom. The van der Waals surface area contributed by atoms with Crippen molar-refractivity contribution >= 4 is 16.5 Å². The van der Waals surface area contributed by atoms with Crippen molar-refractivity contribution in [1.29, 1.82) is 0 Å². The van der Waals surface area contributed by atoms with E-state index in [2.05, 4.69) is 43.2 Å². The molecule has 4 nitrogen and oxygen atoms in total. The number of nitrogens with one attached hydrogen (secondary N) is 1. The summed E-state index contributed by atoms with van der Waals surface area (Å²) >= 11 is 1.64. The van der Waals surface area contributed by atoms with Gasteiger partial charge in [-0.2, -0.15) is 0 Å². The Kier molecular flexibility index (Phi) is 3.68. The normalized spacial score (nSPS) is 22.7. The average Bonchev–Trinajstić information content (AvgIpc) is 2.85. The summed E-state index contributed by atoms with van der Waals surface area (Å²) in [6.07, 6.45) is 2.62. The van der Waals surface area contributed by atoms with E-state index in [4.69, 9.17) is 4.74 Å². The number of hydrogen-bond donors (Lipinski definition) is 1. The highest BCUT2D eigenvalue weighted by molar-refractivity contribution is 7.15. The zero-order valence-corrected chi connectivity index (χ0v) is 11.8. The molecule has 5 heteroatoms. The molecule has 1 aliphatic rings. The molecule has 96 valence electrons. The highest BCUT2D eigenvalue weighted by Gasteiger charge is 2.24. The van der Waals surface area contributed by atoms with Gasteiger partial charge in [0.25, 0.3) is 0 Å². The Morgan fingerprint density at radius 3 is 2.71 bits per heavy atom. The van der Waals surface area contributed by atoms with E-state index >= 15 is 0 Å². The van der Waals surface area contributed by atoms with Crippen LogP contribution in [0.25, 0.3) is 0 Å². The van der Waals surface area contributed by atoms with Gasteiger partial charge in [-0.25, -0.2) is 0 Å². The Labute approximate surface area is 107 Å². The topological polar surface area (TPSA) is 47.0 Å². The second-order valence-corrected chi connectivity index (χ2v) is 6.62. The molecule has 1 aromatic rings. The third kappa shape index (κ3) is 3.16. The van der Waals surface area contributed by atoms with E-state index in [-0.39, 0.29) is 5.41 Å². The van der Waals surface area contributed by atoms with E-state index in [1.165, 1.54) is 6.42 Å². The summed E-state index contributed by atoms with van der Waals surface area (Å²) < 4.78 is 5.65. The van der Waals surface area contributed by atoms with Crippen molar-refractivity contribution in [2.24, 2.45) is 0 Å². The van der Waals surface area contributed by atoms with Crippen molar-refractivity contribution in [1.82, 2.24) is 10.2 Å². The average molecular weight is 255 g/mol. The summed E-state index contributed by atoms with van der Waals surface area (Å²) in [5.74, 6) is 0. The van der Waals surface area contributed by atoms with Gasteiger partial charge in [0, 0.05) is 12.0 Å². The van der Waals surface area contributed by atoms with Crippen LogP contribution in [0.4, 0.5) is 5.13 Å². The van der Waals surface area contributed by atoms with Crippen LogP contribution < -0.4 is 5.32 Å². The van der Waals surface area contributed by atoms with Crippen LogP contribution in [0.5, 0.6) is 0 Å².